The molecule has 2 aromatic rings. The molecule has 0 spiro atoms. The largest absolute Gasteiger partial charge is 0.492 e. The summed E-state index contributed by atoms with van der Waals surface area (Å²) in [5.74, 6) is -0.576. The Morgan fingerprint density at radius 2 is 1.80 bits per heavy atom. The van der Waals surface area contributed by atoms with Gasteiger partial charge < -0.3 is 4.74 Å². The van der Waals surface area contributed by atoms with Gasteiger partial charge in [-0.05, 0) is 25.1 Å². The van der Waals surface area contributed by atoms with Gasteiger partial charge in [0, 0.05) is 5.56 Å². The summed E-state index contributed by atoms with van der Waals surface area (Å²) in [5, 5.41) is 3.53. The van der Waals surface area contributed by atoms with E-state index < -0.39 is 34.2 Å². The van der Waals surface area contributed by atoms with E-state index in [1.807, 2.05) is 5.43 Å². The van der Waals surface area contributed by atoms with Gasteiger partial charge in [-0.2, -0.15) is 18.3 Å². The van der Waals surface area contributed by atoms with Crippen LogP contribution in [0.25, 0.3) is 0 Å². The van der Waals surface area contributed by atoms with Crippen molar-refractivity contribution in [2.24, 2.45) is 5.10 Å². The Hall–Kier alpha value is -3.08. The van der Waals surface area contributed by atoms with Crippen molar-refractivity contribution in [1.29, 1.82) is 0 Å². The number of nitrogens with zero attached hydrogens (tertiary/aromatic N) is 2. The zero-order valence-corrected chi connectivity index (χ0v) is 17.0. The maximum Gasteiger partial charge on any atom is 0.417 e. The van der Waals surface area contributed by atoms with E-state index in [0.29, 0.717) is 0 Å². The lowest BCUT2D eigenvalue weighted by Gasteiger charge is -2.23. The lowest BCUT2D eigenvalue weighted by Crippen LogP contribution is -2.39. The van der Waals surface area contributed by atoms with Crippen LogP contribution in [0.1, 0.15) is 18.1 Å². The predicted molar refractivity (Wildman–Crippen MR) is 107 cm³/mol. The van der Waals surface area contributed by atoms with Crippen LogP contribution in [0.3, 0.4) is 0 Å². The van der Waals surface area contributed by atoms with Crippen molar-refractivity contribution >= 4 is 27.8 Å². The van der Waals surface area contributed by atoms with E-state index in [-0.39, 0.29) is 23.6 Å². The average Bonchev–Trinajstić information content (AvgIpc) is 2.66. The molecule has 0 aliphatic rings. The maximum atomic E-state index is 13.0. The number of carbonyl (C=O) groups excluding carboxylic acids is 1. The molecule has 11 heteroatoms. The van der Waals surface area contributed by atoms with Gasteiger partial charge in [-0.1, -0.05) is 30.3 Å². The number of alkyl halides is 3. The Kier molecular flexibility index (Phi) is 7.43. The first-order valence-electron chi connectivity index (χ1n) is 8.71. The summed E-state index contributed by atoms with van der Waals surface area (Å²) in [7, 11) is -3.87. The molecular weight excluding hydrogens is 423 g/mol. The van der Waals surface area contributed by atoms with Crippen LogP contribution in [-0.4, -0.2) is 39.9 Å². The van der Waals surface area contributed by atoms with E-state index >= 15 is 0 Å². The molecule has 0 heterocycles. The van der Waals surface area contributed by atoms with E-state index in [1.165, 1.54) is 24.3 Å². The molecule has 0 aromatic heterocycles. The Bertz CT molecular complexity index is 1020. The highest BCUT2D eigenvalue weighted by Gasteiger charge is 2.32. The number of ether oxygens (including phenoxy) is 1. The number of benzene rings is 2. The molecule has 0 bridgehead atoms. The quantitative estimate of drug-likeness (QED) is 0.502. The van der Waals surface area contributed by atoms with Crippen LogP contribution in [-0.2, 0) is 21.0 Å². The summed E-state index contributed by atoms with van der Waals surface area (Å²) in [6.07, 6.45) is -2.81. The van der Waals surface area contributed by atoms with Crippen LogP contribution in [0.15, 0.2) is 53.6 Å². The van der Waals surface area contributed by atoms with E-state index in [0.717, 1.165) is 22.8 Å². The van der Waals surface area contributed by atoms with Crippen LogP contribution in [0.2, 0.25) is 0 Å². The Balaban J connectivity index is 2.19. The second-order valence-electron chi connectivity index (χ2n) is 6.05. The lowest BCUT2D eigenvalue weighted by molar-refractivity contribution is -0.137. The number of carbonyl (C=O) groups is 1. The van der Waals surface area contributed by atoms with Gasteiger partial charge in [0.05, 0.1) is 30.3 Å². The van der Waals surface area contributed by atoms with E-state index in [9.17, 15) is 26.4 Å². The van der Waals surface area contributed by atoms with E-state index in [2.05, 4.69) is 5.10 Å². The Labute approximate surface area is 172 Å². The van der Waals surface area contributed by atoms with Crippen LogP contribution in [0, 0.1) is 0 Å². The van der Waals surface area contributed by atoms with Gasteiger partial charge in [-0.25, -0.2) is 13.8 Å². The smallest absolute Gasteiger partial charge is 0.417 e. The van der Waals surface area contributed by atoms with Crippen molar-refractivity contribution in [3.05, 3.63) is 59.7 Å². The first-order chi connectivity index (χ1) is 14.0. The third kappa shape index (κ3) is 6.21. The van der Waals surface area contributed by atoms with Gasteiger partial charge in [0.25, 0.3) is 5.91 Å². The van der Waals surface area contributed by atoms with Crippen molar-refractivity contribution in [2.45, 2.75) is 13.1 Å². The fourth-order valence-corrected chi connectivity index (χ4v) is 3.39. The number of sulfonamides is 1. The summed E-state index contributed by atoms with van der Waals surface area (Å²) >= 11 is 0. The summed E-state index contributed by atoms with van der Waals surface area (Å²) in [5.41, 5.74) is 1.05. The van der Waals surface area contributed by atoms with Crippen molar-refractivity contribution in [1.82, 2.24) is 5.43 Å². The van der Waals surface area contributed by atoms with Crippen molar-refractivity contribution in [3.63, 3.8) is 0 Å². The van der Waals surface area contributed by atoms with E-state index in [1.54, 1.807) is 25.1 Å². The highest BCUT2D eigenvalue weighted by Crippen LogP contribution is 2.31. The molecule has 0 radical (unpaired) electrons. The highest BCUT2D eigenvalue weighted by atomic mass is 32.2. The number of hydrazone groups is 1. The van der Waals surface area contributed by atoms with Gasteiger partial charge in [0.2, 0.25) is 10.0 Å². The van der Waals surface area contributed by atoms with Gasteiger partial charge in [0.15, 0.2) is 0 Å². The number of rotatable bonds is 8. The number of nitrogens with one attached hydrogen (secondary N) is 1. The third-order valence-corrected chi connectivity index (χ3v) is 4.91. The minimum atomic E-state index is -4.58. The van der Waals surface area contributed by atoms with Crippen LogP contribution in [0.4, 0.5) is 18.9 Å². The maximum absolute atomic E-state index is 13.0. The van der Waals surface area contributed by atoms with Crippen molar-refractivity contribution < 1.29 is 31.1 Å². The zero-order valence-electron chi connectivity index (χ0n) is 16.2. The van der Waals surface area contributed by atoms with Crippen molar-refractivity contribution in [2.75, 3.05) is 23.7 Å². The monoisotopic (exact) mass is 443 g/mol. The molecule has 1 amide bonds. The topological polar surface area (TPSA) is 88.1 Å². The van der Waals surface area contributed by atoms with Crippen LogP contribution < -0.4 is 14.5 Å². The first-order valence-corrected chi connectivity index (χ1v) is 10.6. The fourth-order valence-electron chi connectivity index (χ4n) is 2.53. The highest BCUT2D eigenvalue weighted by molar-refractivity contribution is 7.92. The molecular formula is C19H20F3N3O4S. The number of hydrogen-bond donors (Lipinski definition) is 1. The fraction of sp³-hybridized carbons (Fsp3) is 0.263. The second-order valence-corrected chi connectivity index (χ2v) is 7.96. The summed E-state index contributed by atoms with van der Waals surface area (Å²) < 4.78 is 69.6. The van der Waals surface area contributed by atoms with Crippen LogP contribution >= 0.6 is 0 Å². The molecule has 0 aliphatic heterocycles. The average molecular weight is 443 g/mol. The van der Waals surface area contributed by atoms with Gasteiger partial charge in [0.1, 0.15) is 12.3 Å². The van der Waals surface area contributed by atoms with Crippen LogP contribution in [0.5, 0.6) is 5.75 Å². The SMILES string of the molecule is CCOc1ccccc1N(CC(=O)N/N=C\c1ccccc1C(F)(F)F)S(C)(=O)=O. The molecule has 162 valence electrons. The standard InChI is InChI=1S/C19H20F3N3O4S/c1-3-29-17-11-7-6-10-16(17)25(30(2,27)28)13-18(26)24-23-12-14-8-4-5-9-15(14)19(20,21)22/h4-12H,3,13H2,1-2H3,(H,24,26)/b23-12-. The molecule has 1 N–H and O–H groups in total. The Morgan fingerprint density at radius 1 is 1.17 bits per heavy atom. The van der Waals surface area contributed by atoms with E-state index in [4.69, 9.17) is 4.74 Å². The molecule has 0 unspecified atom stereocenters. The zero-order chi connectivity index (χ0) is 22.4. The number of anilines is 1. The lowest BCUT2D eigenvalue weighted by atomic mass is 10.1. The number of halogens is 3. The van der Waals surface area contributed by atoms with Gasteiger partial charge in [-0.3, -0.25) is 9.10 Å². The molecule has 30 heavy (non-hydrogen) atoms. The second kappa shape index (κ2) is 9.61. The number of amides is 1. The van der Waals surface area contributed by atoms with Gasteiger partial charge >= 0.3 is 6.18 Å². The minimum absolute atomic E-state index is 0.156. The molecule has 0 fully saturated rings. The Morgan fingerprint density at radius 3 is 2.43 bits per heavy atom. The van der Waals surface area contributed by atoms with Gasteiger partial charge in [-0.15, -0.1) is 0 Å². The van der Waals surface area contributed by atoms with Crippen molar-refractivity contribution in [3.8, 4) is 5.75 Å². The predicted octanol–water partition coefficient (Wildman–Crippen LogP) is 3.02. The molecule has 0 saturated heterocycles. The number of hydrogen-bond acceptors (Lipinski definition) is 5. The minimum Gasteiger partial charge on any atom is -0.492 e. The summed E-state index contributed by atoms with van der Waals surface area (Å²) in [4.78, 5) is 12.2. The first kappa shape index (κ1) is 23.2. The molecule has 2 aromatic carbocycles. The number of para-hydroxylation sites is 2. The normalized spacial score (nSPS) is 12.0. The molecule has 0 aliphatic carbocycles. The summed E-state index contributed by atoms with van der Waals surface area (Å²) in [6, 6.07) is 11.0. The third-order valence-electron chi connectivity index (χ3n) is 3.78. The molecule has 2 rings (SSSR count). The molecule has 0 saturated carbocycles. The molecule has 7 nitrogen and oxygen atoms in total. The summed E-state index contributed by atoms with van der Waals surface area (Å²) in [6.45, 7) is 1.37. The molecule has 0 atom stereocenters.